The molecule has 4 nitrogen and oxygen atoms in total. The van der Waals surface area contributed by atoms with Crippen LogP contribution in [0, 0.1) is 5.82 Å². The molecule has 2 rings (SSSR count). The highest BCUT2D eigenvalue weighted by molar-refractivity contribution is 5.31. The fourth-order valence-electron chi connectivity index (χ4n) is 2.95. The van der Waals surface area contributed by atoms with Crippen molar-refractivity contribution in [1.29, 1.82) is 0 Å². The van der Waals surface area contributed by atoms with Crippen LogP contribution >= 0.6 is 0 Å². The van der Waals surface area contributed by atoms with Gasteiger partial charge in [0, 0.05) is 31.7 Å². The van der Waals surface area contributed by atoms with Crippen molar-refractivity contribution in [2.75, 3.05) is 47.9 Å². The third-order valence-electron chi connectivity index (χ3n) is 4.41. The fourth-order valence-corrected chi connectivity index (χ4v) is 2.95. The van der Waals surface area contributed by atoms with Gasteiger partial charge >= 0.3 is 0 Å². The lowest BCUT2D eigenvalue weighted by Gasteiger charge is -2.39. The maximum absolute atomic E-state index is 13.9. The van der Waals surface area contributed by atoms with Gasteiger partial charge < -0.3 is 19.9 Å². The minimum absolute atomic E-state index is 0.143. The molecule has 2 atom stereocenters. The smallest absolute Gasteiger partial charge is 0.165 e. The lowest BCUT2D eigenvalue weighted by molar-refractivity contribution is 0.102. The van der Waals surface area contributed by atoms with E-state index in [9.17, 15) is 4.39 Å². The van der Waals surface area contributed by atoms with Gasteiger partial charge in [-0.3, -0.25) is 0 Å². The van der Waals surface area contributed by atoms with Crippen molar-refractivity contribution in [3.8, 4) is 5.75 Å². The molecular formula is C16H26FN3O. The van der Waals surface area contributed by atoms with E-state index in [0.29, 0.717) is 11.8 Å². The molecule has 2 unspecified atom stereocenters. The molecule has 1 saturated heterocycles. The maximum Gasteiger partial charge on any atom is 0.165 e. The van der Waals surface area contributed by atoms with Crippen molar-refractivity contribution in [2.24, 2.45) is 0 Å². The third-order valence-corrected chi connectivity index (χ3v) is 4.41. The Bertz CT molecular complexity index is 469. The standard InChI is InChI=1S/C16H26FN3O/c1-18-15(10-13-11-19(2)7-8-20(13)3)12-5-6-16(21-4)14(17)9-12/h5-6,9,13,15,18H,7-8,10-11H2,1-4H3. The normalized spacial score (nSPS) is 22.2. The number of benzene rings is 1. The molecule has 118 valence electrons. The molecule has 1 aliphatic heterocycles. The molecule has 0 radical (unpaired) electrons. The minimum Gasteiger partial charge on any atom is -0.494 e. The van der Waals surface area contributed by atoms with Crippen molar-refractivity contribution in [3.05, 3.63) is 29.6 Å². The predicted octanol–water partition coefficient (Wildman–Crippen LogP) is 1.73. The number of hydrogen-bond donors (Lipinski definition) is 1. The molecular weight excluding hydrogens is 269 g/mol. The number of methoxy groups -OCH3 is 1. The molecule has 1 aromatic carbocycles. The van der Waals surface area contributed by atoms with Crippen LogP contribution in [0.3, 0.4) is 0 Å². The molecule has 5 heteroatoms. The molecule has 0 spiro atoms. The monoisotopic (exact) mass is 295 g/mol. The topological polar surface area (TPSA) is 27.7 Å². The van der Waals surface area contributed by atoms with Crippen LogP contribution < -0.4 is 10.1 Å². The van der Waals surface area contributed by atoms with Gasteiger partial charge in [0.15, 0.2) is 11.6 Å². The van der Waals surface area contributed by atoms with E-state index >= 15 is 0 Å². The SMILES string of the molecule is CNC(CC1CN(C)CCN1C)c1ccc(OC)c(F)c1. The molecule has 0 amide bonds. The van der Waals surface area contributed by atoms with Crippen molar-refractivity contribution in [1.82, 2.24) is 15.1 Å². The summed E-state index contributed by atoms with van der Waals surface area (Å²) in [5, 5.41) is 3.31. The van der Waals surface area contributed by atoms with E-state index in [1.54, 1.807) is 12.1 Å². The van der Waals surface area contributed by atoms with Crippen LogP contribution in [0.2, 0.25) is 0 Å². The molecule has 0 bridgehead atoms. The highest BCUT2D eigenvalue weighted by atomic mass is 19.1. The zero-order valence-corrected chi connectivity index (χ0v) is 13.4. The van der Waals surface area contributed by atoms with Gasteiger partial charge in [-0.25, -0.2) is 4.39 Å². The number of likely N-dealkylation sites (N-methyl/N-ethyl adjacent to an activating group) is 2. The second-order valence-corrected chi connectivity index (χ2v) is 5.87. The van der Waals surface area contributed by atoms with Gasteiger partial charge in [-0.2, -0.15) is 0 Å². The summed E-state index contributed by atoms with van der Waals surface area (Å²) in [4.78, 5) is 4.75. The van der Waals surface area contributed by atoms with Gasteiger partial charge in [0.25, 0.3) is 0 Å². The van der Waals surface area contributed by atoms with Gasteiger partial charge in [-0.15, -0.1) is 0 Å². The van der Waals surface area contributed by atoms with Crippen LogP contribution in [-0.4, -0.2) is 63.7 Å². The van der Waals surface area contributed by atoms with Crippen molar-refractivity contribution in [2.45, 2.75) is 18.5 Å². The van der Waals surface area contributed by atoms with Crippen LogP contribution in [-0.2, 0) is 0 Å². The first-order valence-electron chi connectivity index (χ1n) is 7.44. The first-order valence-corrected chi connectivity index (χ1v) is 7.44. The van der Waals surface area contributed by atoms with E-state index < -0.39 is 0 Å². The van der Waals surface area contributed by atoms with Crippen LogP contribution in [0.1, 0.15) is 18.0 Å². The molecule has 21 heavy (non-hydrogen) atoms. The Morgan fingerprint density at radius 1 is 1.38 bits per heavy atom. The summed E-state index contributed by atoms with van der Waals surface area (Å²) in [7, 11) is 7.74. The first-order chi connectivity index (χ1) is 10.0. The number of ether oxygens (including phenoxy) is 1. The molecule has 1 heterocycles. The number of rotatable bonds is 5. The Labute approximate surface area is 126 Å². The third kappa shape index (κ3) is 3.93. The molecule has 0 saturated carbocycles. The van der Waals surface area contributed by atoms with E-state index in [2.05, 4.69) is 29.2 Å². The van der Waals surface area contributed by atoms with Gasteiger partial charge in [0.05, 0.1) is 7.11 Å². The number of halogens is 1. The lowest BCUT2D eigenvalue weighted by atomic mass is 9.97. The summed E-state index contributed by atoms with van der Waals surface area (Å²) in [5.74, 6) is -0.00696. The second kappa shape index (κ2) is 7.20. The van der Waals surface area contributed by atoms with Gasteiger partial charge in [-0.1, -0.05) is 6.07 Å². The van der Waals surface area contributed by atoms with E-state index in [1.165, 1.54) is 7.11 Å². The Hall–Kier alpha value is -1.17. The van der Waals surface area contributed by atoms with Gasteiger partial charge in [0.2, 0.25) is 0 Å². The Morgan fingerprint density at radius 2 is 2.14 bits per heavy atom. The van der Waals surface area contributed by atoms with E-state index in [4.69, 9.17) is 4.74 Å². The van der Waals surface area contributed by atoms with Crippen LogP contribution in [0.25, 0.3) is 0 Å². The minimum atomic E-state index is -0.302. The summed E-state index contributed by atoms with van der Waals surface area (Å²) in [6, 6.07) is 5.84. The number of hydrogen-bond acceptors (Lipinski definition) is 4. The number of nitrogens with one attached hydrogen (secondary N) is 1. The van der Waals surface area contributed by atoms with Gasteiger partial charge in [-0.05, 0) is 45.3 Å². The van der Waals surface area contributed by atoms with E-state index in [1.807, 2.05) is 13.1 Å². The Morgan fingerprint density at radius 3 is 2.76 bits per heavy atom. The van der Waals surface area contributed by atoms with Crippen LogP contribution in [0.4, 0.5) is 4.39 Å². The number of piperazine rings is 1. The average Bonchev–Trinajstić information content (AvgIpc) is 2.48. The molecule has 0 aromatic heterocycles. The molecule has 1 N–H and O–H groups in total. The first kappa shape index (κ1) is 16.2. The molecule has 1 aliphatic rings. The van der Waals surface area contributed by atoms with Crippen LogP contribution in [0.5, 0.6) is 5.75 Å². The Balaban J connectivity index is 2.10. The summed E-state index contributed by atoms with van der Waals surface area (Å²) in [5.41, 5.74) is 0.970. The summed E-state index contributed by atoms with van der Waals surface area (Å²) < 4.78 is 18.9. The summed E-state index contributed by atoms with van der Waals surface area (Å²) in [6.07, 6.45) is 0.961. The highest BCUT2D eigenvalue weighted by Crippen LogP contribution is 2.26. The maximum atomic E-state index is 13.9. The zero-order valence-electron chi connectivity index (χ0n) is 13.4. The molecule has 1 fully saturated rings. The van der Waals surface area contributed by atoms with Crippen molar-refractivity contribution in [3.63, 3.8) is 0 Å². The van der Waals surface area contributed by atoms with E-state index in [-0.39, 0.29) is 11.9 Å². The summed E-state index contributed by atoms with van der Waals surface area (Å²) >= 11 is 0. The van der Waals surface area contributed by atoms with Crippen LogP contribution in [0.15, 0.2) is 18.2 Å². The Kier molecular flexibility index (Phi) is 5.56. The zero-order chi connectivity index (χ0) is 15.4. The fraction of sp³-hybridized carbons (Fsp3) is 0.625. The lowest BCUT2D eigenvalue weighted by Crippen LogP contribution is -2.50. The highest BCUT2D eigenvalue weighted by Gasteiger charge is 2.25. The molecule has 1 aromatic rings. The van der Waals surface area contributed by atoms with E-state index in [0.717, 1.165) is 31.6 Å². The quantitative estimate of drug-likeness (QED) is 0.895. The molecule has 0 aliphatic carbocycles. The summed E-state index contributed by atoms with van der Waals surface area (Å²) in [6.45, 7) is 3.23. The predicted molar refractivity (Wildman–Crippen MR) is 83.3 cm³/mol. The largest absolute Gasteiger partial charge is 0.494 e. The number of nitrogens with zero attached hydrogens (tertiary/aromatic N) is 2. The van der Waals surface area contributed by atoms with Crippen molar-refractivity contribution < 1.29 is 9.13 Å². The van der Waals surface area contributed by atoms with Crippen molar-refractivity contribution >= 4 is 0 Å². The average molecular weight is 295 g/mol. The second-order valence-electron chi connectivity index (χ2n) is 5.87. The van der Waals surface area contributed by atoms with Gasteiger partial charge in [0.1, 0.15) is 0 Å².